The maximum Gasteiger partial charge on any atom is 0.457 e. The summed E-state index contributed by atoms with van der Waals surface area (Å²) in [5.41, 5.74) is -1.02. The summed E-state index contributed by atoms with van der Waals surface area (Å²) in [6, 6.07) is 0. The summed E-state index contributed by atoms with van der Waals surface area (Å²) in [6.45, 7) is 9.19. The molecule has 23 heavy (non-hydrogen) atoms. The molecule has 0 aliphatic carbocycles. The number of esters is 1. The van der Waals surface area contributed by atoms with Gasteiger partial charge in [-0.3, -0.25) is 4.79 Å². The summed E-state index contributed by atoms with van der Waals surface area (Å²) in [5.74, 6) is -0.118. The Morgan fingerprint density at radius 3 is 2.30 bits per heavy atom. The minimum atomic E-state index is -0.483. The lowest BCUT2D eigenvalue weighted by Crippen LogP contribution is -2.55. The van der Waals surface area contributed by atoms with Gasteiger partial charge in [0.2, 0.25) is 0 Å². The van der Waals surface area contributed by atoms with E-state index in [-0.39, 0.29) is 24.3 Å². The van der Waals surface area contributed by atoms with Gasteiger partial charge in [-0.05, 0) is 66.2 Å². The van der Waals surface area contributed by atoms with Gasteiger partial charge in [0.05, 0.1) is 18.3 Å². The summed E-state index contributed by atoms with van der Waals surface area (Å²) < 4.78 is 17.1. The lowest BCUT2D eigenvalue weighted by molar-refractivity contribution is -0.150. The predicted molar refractivity (Wildman–Crippen MR) is 91.3 cm³/mol. The van der Waals surface area contributed by atoms with Gasteiger partial charge in [-0.1, -0.05) is 12.8 Å². The van der Waals surface area contributed by atoms with Crippen LogP contribution in [0, 0.1) is 0 Å². The summed E-state index contributed by atoms with van der Waals surface area (Å²) in [7, 11) is 1.33. The van der Waals surface area contributed by atoms with Crippen LogP contribution in [0.3, 0.4) is 0 Å². The second-order valence-corrected chi connectivity index (χ2v) is 7.89. The Kier molecular flexibility index (Phi) is 5.80. The molecule has 1 unspecified atom stereocenters. The van der Waals surface area contributed by atoms with Gasteiger partial charge in [-0.25, -0.2) is 0 Å². The number of methoxy groups -OCH3 is 1. The van der Waals surface area contributed by atoms with Crippen LogP contribution in [-0.2, 0) is 18.8 Å². The van der Waals surface area contributed by atoms with Crippen molar-refractivity contribution in [2.75, 3.05) is 13.7 Å². The molecule has 5 nitrogen and oxygen atoms in total. The maximum atomic E-state index is 12.2. The lowest BCUT2D eigenvalue weighted by atomic mass is 9.79. The number of piperidine rings is 1. The molecule has 2 rings (SSSR count). The quantitative estimate of drug-likeness (QED) is 0.462. The highest BCUT2D eigenvalue weighted by atomic mass is 16.7. The number of unbranched alkanes of at least 4 members (excludes halogenated alkanes) is 1. The number of rotatable bonds is 6. The molecule has 0 spiro atoms. The number of ether oxygens (including phenoxy) is 1. The zero-order valence-corrected chi connectivity index (χ0v) is 15.4. The second-order valence-electron chi connectivity index (χ2n) is 7.89. The highest BCUT2D eigenvalue weighted by molar-refractivity contribution is 6.45. The number of hydrogen-bond donors (Lipinski definition) is 1. The molecule has 1 N–H and O–H groups in total. The molecule has 0 aromatic rings. The first-order valence-corrected chi connectivity index (χ1v) is 8.92. The van der Waals surface area contributed by atoms with E-state index in [0.717, 1.165) is 51.4 Å². The summed E-state index contributed by atoms with van der Waals surface area (Å²) in [5, 5.41) is 3.40. The molecule has 0 bridgehead atoms. The average Bonchev–Trinajstić information content (AvgIpc) is 2.71. The van der Waals surface area contributed by atoms with Gasteiger partial charge in [0, 0.05) is 0 Å². The van der Waals surface area contributed by atoms with Crippen molar-refractivity contribution in [3.05, 3.63) is 0 Å². The van der Waals surface area contributed by atoms with Gasteiger partial charge in [-0.2, -0.15) is 0 Å². The lowest BCUT2D eigenvalue weighted by Gasteiger charge is -2.35. The molecule has 1 atom stereocenters. The number of carbonyl (C=O) groups excluding carboxylic acids is 1. The Labute approximate surface area is 141 Å². The van der Waals surface area contributed by atoms with Crippen molar-refractivity contribution in [1.82, 2.24) is 5.32 Å². The van der Waals surface area contributed by atoms with E-state index in [0.29, 0.717) is 0 Å². The Hall–Kier alpha value is -0.585. The van der Waals surface area contributed by atoms with Crippen LogP contribution >= 0.6 is 0 Å². The third-order valence-electron chi connectivity index (χ3n) is 5.67. The number of hydrogen-bond acceptors (Lipinski definition) is 5. The highest BCUT2D eigenvalue weighted by Crippen LogP contribution is 2.38. The largest absolute Gasteiger partial charge is 0.468 e. The van der Waals surface area contributed by atoms with Crippen LogP contribution in [0.1, 0.15) is 66.2 Å². The fourth-order valence-electron chi connectivity index (χ4n) is 3.47. The first-order chi connectivity index (χ1) is 10.7. The van der Waals surface area contributed by atoms with E-state index in [2.05, 4.69) is 33.0 Å². The van der Waals surface area contributed by atoms with Gasteiger partial charge in [-0.15, -0.1) is 0 Å². The van der Waals surface area contributed by atoms with Crippen molar-refractivity contribution in [2.24, 2.45) is 0 Å². The Morgan fingerprint density at radius 2 is 1.78 bits per heavy atom. The molecule has 0 aromatic carbocycles. The van der Waals surface area contributed by atoms with E-state index in [4.69, 9.17) is 14.0 Å². The van der Waals surface area contributed by atoms with Crippen molar-refractivity contribution in [3.8, 4) is 0 Å². The smallest absolute Gasteiger partial charge is 0.457 e. The van der Waals surface area contributed by atoms with Crippen LogP contribution in [0.25, 0.3) is 0 Å². The molecule has 2 aliphatic heterocycles. The third kappa shape index (κ3) is 4.09. The van der Waals surface area contributed by atoms with E-state index in [1.165, 1.54) is 7.11 Å². The number of nitrogens with one attached hydrogen (secondary N) is 1. The fraction of sp³-hybridized carbons (Fsp3) is 0.941. The van der Waals surface area contributed by atoms with Crippen molar-refractivity contribution >= 4 is 13.1 Å². The minimum Gasteiger partial charge on any atom is -0.468 e. The Morgan fingerprint density at radius 1 is 1.13 bits per heavy atom. The predicted octanol–water partition coefficient (Wildman–Crippen LogP) is 2.93. The van der Waals surface area contributed by atoms with Gasteiger partial charge in [0.15, 0.2) is 0 Å². The third-order valence-corrected chi connectivity index (χ3v) is 5.67. The molecule has 2 aliphatic rings. The van der Waals surface area contributed by atoms with Crippen molar-refractivity contribution in [2.45, 2.75) is 89.3 Å². The van der Waals surface area contributed by atoms with Crippen LogP contribution in [-0.4, -0.2) is 43.5 Å². The van der Waals surface area contributed by atoms with Crippen LogP contribution in [0.2, 0.25) is 6.32 Å². The van der Waals surface area contributed by atoms with Crippen molar-refractivity contribution in [3.63, 3.8) is 0 Å². The van der Waals surface area contributed by atoms with Crippen LogP contribution in [0.5, 0.6) is 0 Å². The zero-order valence-electron chi connectivity index (χ0n) is 15.4. The van der Waals surface area contributed by atoms with Crippen LogP contribution in [0.4, 0.5) is 0 Å². The normalized spacial score (nSPS) is 29.5. The topological polar surface area (TPSA) is 56.8 Å². The summed E-state index contributed by atoms with van der Waals surface area (Å²) in [6.07, 6.45) is 6.72. The Bertz CT molecular complexity index is 403. The van der Waals surface area contributed by atoms with Crippen molar-refractivity contribution in [1.29, 1.82) is 0 Å². The van der Waals surface area contributed by atoms with E-state index in [1.807, 2.05) is 0 Å². The standard InChI is InChI=1S/C17H32BNO4/c1-15(2)16(3,4)23-18(22-15)12-8-6-10-17(14(20)21-5)11-7-9-13-19-17/h19H,6-13H2,1-5H3. The number of carbonyl (C=O) groups is 1. The zero-order chi connectivity index (χ0) is 17.1. The van der Waals surface area contributed by atoms with Crippen LogP contribution in [0.15, 0.2) is 0 Å². The molecule has 2 fully saturated rings. The molecule has 2 heterocycles. The molecule has 0 radical (unpaired) electrons. The molecular formula is C17H32BNO4. The average molecular weight is 325 g/mol. The van der Waals surface area contributed by atoms with E-state index >= 15 is 0 Å². The van der Waals surface area contributed by atoms with E-state index < -0.39 is 5.54 Å². The summed E-state index contributed by atoms with van der Waals surface area (Å²) >= 11 is 0. The SMILES string of the molecule is COC(=O)C1(CCCCB2OC(C)(C)C(C)(C)O2)CCCCN1. The fourth-order valence-corrected chi connectivity index (χ4v) is 3.47. The highest BCUT2D eigenvalue weighted by Gasteiger charge is 2.50. The van der Waals surface area contributed by atoms with Gasteiger partial charge in [0.25, 0.3) is 0 Å². The minimum absolute atomic E-state index is 0.118. The van der Waals surface area contributed by atoms with E-state index in [1.54, 1.807) is 0 Å². The van der Waals surface area contributed by atoms with Gasteiger partial charge < -0.3 is 19.4 Å². The monoisotopic (exact) mass is 325 g/mol. The molecule has 0 aromatic heterocycles. The molecule has 0 saturated carbocycles. The molecule has 132 valence electrons. The van der Waals surface area contributed by atoms with Crippen LogP contribution < -0.4 is 5.32 Å². The molecule has 6 heteroatoms. The molecule has 2 saturated heterocycles. The first-order valence-electron chi connectivity index (χ1n) is 8.92. The van der Waals surface area contributed by atoms with E-state index in [9.17, 15) is 4.79 Å². The molecule has 0 amide bonds. The first kappa shape index (κ1) is 18.7. The second kappa shape index (κ2) is 7.12. The molecular weight excluding hydrogens is 293 g/mol. The Balaban J connectivity index is 1.79. The van der Waals surface area contributed by atoms with Gasteiger partial charge in [0.1, 0.15) is 5.54 Å². The van der Waals surface area contributed by atoms with Crippen molar-refractivity contribution < 1.29 is 18.8 Å². The van der Waals surface area contributed by atoms with Gasteiger partial charge >= 0.3 is 13.1 Å². The maximum absolute atomic E-state index is 12.2. The summed E-state index contributed by atoms with van der Waals surface area (Å²) in [4.78, 5) is 12.2.